The minimum absolute atomic E-state index is 0.331. The Balaban J connectivity index is 2.01. The molecule has 0 saturated carbocycles. The lowest BCUT2D eigenvalue weighted by atomic mass is 10.2. The highest BCUT2D eigenvalue weighted by molar-refractivity contribution is 7.92. The van der Waals surface area contributed by atoms with Gasteiger partial charge in [-0.2, -0.15) is 0 Å². The molecule has 0 radical (unpaired) electrons. The smallest absolute Gasteiger partial charge is 0.243 e. The van der Waals surface area contributed by atoms with Crippen molar-refractivity contribution in [1.29, 1.82) is 0 Å². The monoisotopic (exact) mass is 389 g/mol. The molecule has 2 aromatic rings. The summed E-state index contributed by atoms with van der Waals surface area (Å²) in [5, 5.41) is 2.83. The number of anilines is 2. The summed E-state index contributed by atoms with van der Waals surface area (Å²) in [4.78, 5) is 14.6. The molecule has 0 aliphatic heterocycles. The Labute approximate surface area is 161 Å². The molecule has 0 unspecified atom stereocenters. The number of para-hydroxylation sites is 1. The lowest BCUT2D eigenvalue weighted by Gasteiger charge is -2.28. The van der Waals surface area contributed by atoms with Crippen LogP contribution >= 0.6 is 0 Å². The zero-order valence-corrected chi connectivity index (χ0v) is 17.0. The third-order valence-electron chi connectivity index (χ3n) is 4.32. The number of rotatable bonds is 8. The van der Waals surface area contributed by atoms with Crippen LogP contribution in [-0.2, 0) is 14.8 Å². The number of likely N-dealkylation sites (N-methyl/N-ethyl adjacent to an activating group) is 1. The fourth-order valence-corrected chi connectivity index (χ4v) is 3.98. The molecule has 0 saturated heterocycles. The van der Waals surface area contributed by atoms with Crippen molar-refractivity contribution in [3.05, 3.63) is 60.2 Å². The molecule has 2 rings (SSSR count). The largest absolute Gasteiger partial charge is 0.373 e. The standard InChI is InChI=1S/C20H27N3O3S/c1-16-10-12-19(13-11-16)23(27(4,25)26)17(2)20(24)21-14-15-22(3)18-8-6-5-7-9-18/h5-13,17H,14-15H2,1-4H3,(H,21,24)/t17-/m0/s1. The second-order valence-corrected chi connectivity index (χ2v) is 8.48. The number of aryl methyl sites for hydroxylation is 1. The van der Waals surface area contributed by atoms with Crippen LogP contribution in [0, 0.1) is 6.92 Å². The predicted octanol–water partition coefficient (Wildman–Crippen LogP) is 2.40. The minimum Gasteiger partial charge on any atom is -0.373 e. The Kier molecular flexibility index (Phi) is 6.85. The molecule has 0 spiro atoms. The van der Waals surface area contributed by atoms with Gasteiger partial charge in [0.2, 0.25) is 15.9 Å². The van der Waals surface area contributed by atoms with Gasteiger partial charge in [-0.1, -0.05) is 35.9 Å². The summed E-state index contributed by atoms with van der Waals surface area (Å²) < 4.78 is 25.7. The second-order valence-electron chi connectivity index (χ2n) is 6.62. The van der Waals surface area contributed by atoms with Gasteiger partial charge < -0.3 is 10.2 Å². The third-order valence-corrected chi connectivity index (χ3v) is 5.56. The predicted molar refractivity (Wildman–Crippen MR) is 111 cm³/mol. The Morgan fingerprint density at radius 2 is 1.63 bits per heavy atom. The van der Waals surface area contributed by atoms with E-state index in [1.54, 1.807) is 19.1 Å². The van der Waals surface area contributed by atoms with Crippen LogP contribution in [0.25, 0.3) is 0 Å². The van der Waals surface area contributed by atoms with Crippen molar-refractivity contribution < 1.29 is 13.2 Å². The summed E-state index contributed by atoms with van der Waals surface area (Å²) in [7, 11) is -1.65. The van der Waals surface area contributed by atoms with E-state index in [4.69, 9.17) is 0 Å². The molecule has 1 atom stereocenters. The summed E-state index contributed by atoms with van der Waals surface area (Å²) in [6.07, 6.45) is 1.11. The van der Waals surface area contributed by atoms with Crippen LogP contribution in [0.1, 0.15) is 12.5 Å². The summed E-state index contributed by atoms with van der Waals surface area (Å²) >= 11 is 0. The molecular weight excluding hydrogens is 362 g/mol. The summed E-state index contributed by atoms with van der Waals surface area (Å²) in [6, 6.07) is 16.1. The van der Waals surface area contributed by atoms with Crippen LogP contribution in [0.2, 0.25) is 0 Å². The van der Waals surface area contributed by atoms with E-state index >= 15 is 0 Å². The van der Waals surface area contributed by atoms with Crippen LogP contribution < -0.4 is 14.5 Å². The summed E-state index contributed by atoms with van der Waals surface area (Å²) in [5.74, 6) is -0.331. The van der Waals surface area contributed by atoms with Crippen LogP contribution in [0.3, 0.4) is 0 Å². The highest BCUT2D eigenvalue weighted by Gasteiger charge is 2.28. The number of nitrogens with zero attached hydrogens (tertiary/aromatic N) is 2. The molecule has 1 amide bonds. The zero-order valence-electron chi connectivity index (χ0n) is 16.2. The molecular formula is C20H27N3O3S. The Morgan fingerprint density at radius 1 is 1.04 bits per heavy atom. The Morgan fingerprint density at radius 3 is 2.19 bits per heavy atom. The van der Waals surface area contributed by atoms with Gasteiger partial charge in [0.25, 0.3) is 0 Å². The van der Waals surface area contributed by atoms with Gasteiger partial charge in [0.15, 0.2) is 0 Å². The van der Waals surface area contributed by atoms with Gasteiger partial charge in [-0.3, -0.25) is 9.10 Å². The van der Waals surface area contributed by atoms with Crippen molar-refractivity contribution in [3.8, 4) is 0 Å². The number of carbonyl (C=O) groups is 1. The zero-order chi connectivity index (χ0) is 20.0. The Bertz CT molecular complexity index is 852. The van der Waals surface area contributed by atoms with Crippen molar-refractivity contribution in [3.63, 3.8) is 0 Å². The number of sulfonamides is 1. The molecule has 0 aliphatic rings. The molecule has 0 aliphatic carbocycles. The van der Waals surface area contributed by atoms with Crippen LogP contribution in [0.5, 0.6) is 0 Å². The number of carbonyl (C=O) groups excluding carboxylic acids is 1. The van der Waals surface area contributed by atoms with E-state index in [1.807, 2.05) is 61.3 Å². The highest BCUT2D eigenvalue weighted by Crippen LogP contribution is 2.21. The minimum atomic E-state index is -3.60. The molecule has 0 bridgehead atoms. The number of hydrogen-bond acceptors (Lipinski definition) is 4. The number of hydrogen-bond donors (Lipinski definition) is 1. The molecule has 2 aromatic carbocycles. The van der Waals surface area contributed by atoms with Gasteiger partial charge in [-0.25, -0.2) is 8.42 Å². The van der Waals surface area contributed by atoms with Gasteiger partial charge in [0, 0.05) is 25.8 Å². The molecule has 7 heteroatoms. The van der Waals surface area contributed by atoms with Gasteiger partial charge >= 0.3 is 0 Å². The van der Waals surface area contributed by atoms with Crippen LogP contribution in [0.4, 0.5) is 11.4 Å². The third kappa shape index (κ3) is 5.72. The van der Waals surface area contributed by atoms with Crippen molar-refractivity contribution >= 4 is 27.3 Å². The molecule has 146 valence electrons. The van der Waals surface area contributed by atoms with E-state index in [0.717, 1.165) is 21.8 Å². The highest BCUT2D eigenvalue weighted by atomic mass is 32.2. The van der Waals surface area contributed by atoms with Crippen molar-refractivity contribution in [2.75, 3.05) is 35.6 Å². The lowest BCUT2D eigenvalue weighted by molar-refractivity contribution is -0.121. The molecule has 1 N–H and O–H groups in total. The maximum absolute atomic E-state index is 12.6. The molecule has 0 heterocycles. The van der Waals surface area contributed by atoms with E-state index in [2.05, 4.69) is 5.32 Å². The van der Waals surface area contributed by atoms with Crippen molar-refractivity contribution in [2.45, 2.75) is 19.9 Å². The number of amides is 1. The number of benzene rings is 2. The normalized spacial score (nSPS) is 12.3. The van der Waals surface area contributed by atoms with Gasteiger partial charge in [-0.05, 0) is 38.1 Å². The van der Waals surface area contributed by atoms with Gasteiger partial charge in [0.05, 0.1) is 11.9 Å². The fourth-order valence-electron chi connectivity index (χ4n) is 2.81. The Hall–Kier alpha value is -2.54. The topological polar surface area (TPSA) is 69.7 Å². The first-order valence-corrected chi connectivity index (χ1v) is 10.6. The second kappa shape index (κ2) is 8.90. The van der Waals surface area contributed by atoms with Crippen molar-refractivity contribution in [1.82, 2.24) is 5.32 Å². The van der Waals surface area contributed by atoms with Crippen LogP contribution in [0.15, 0.2) is 54.6 Å². The van der Waals surface area contributed by atoms with Crippen molar-refractivity contribution in [2.24, 2.45) is 0 Å². The van der Waals surface area contributed by atoms with E-state index < -0.39 is 16.1 Å². The average molecular weight is 390 g/mol. The van der Waals surface area contributed by atoms with Gasteiger partial charge in [0.1, 0.15) is 6.04 Å². The SMILES string of the molecule is Cc1ccc(N([C@@H](C)C(=O)NCCN(C)c2ccccc2)S(C)(=O)=O)cc1. The molecule has 27 heavy (non-hydrogen) atoms. The average Bonchev–Trinajstić information content (AvgIpc) is 2.63. The van der Waals surface area contributed by atoms with E-state index in [0.29, 0.717) is 18.8 Å². The first kappa shape index (κ1) is 20.8. The summed E-state index contributed by atoms with van der Waals surface area (Å²) in [6.45, 7) is 4.55. The molecule has 6 nitrogen and oxygen atoms in total. The summed E-state index contributed by atoms with van der Waals surface area (Å²) in [5.41, 5.74) is 2.55. The molecule has 0 aromatic heterocycles. The molecule has 0 fully saturated rings. The lowest BCUT2D eigenvalue weighted by Crippen LogP contribution is -2.49. The van der Waals surface area contributed by atoms with Gasteiger partial charge in [-0.15, -0.1) is 0 Å². The first-order chi connectivity index (χ1) is 12.7. The van der Waals surface area contributed by atoms with E-state index in [-0.39, 0.29) is 5.91 Å². The maximum atomic E-state index is 12.6. The fraction of sp³-hybridized carbons (Fsp3) is 0.350. The first-order valence-electron chi connectivity index (χ1n) is 8.80. The quantitative estimate of drug-likeness (QED) is 0.753. The maximum Gasteiger partial charge on any atom is 0.243 e. The van der Waals surface area contributed by atoms with Crippen LogP contribution in [-0.4, -0.2) is 46.8 Å². The number of nitrogens with one attached hydrogen (secondary N) is 1. The van der Waals surface area contributed by atoms with E-state index in [1.165, 1.54) is 0 Å². The van der Waals surface area contributed by atoms with E-state index in [9.17, 15) is 13.2 Å².